The summed E-state index contributed by atoms with van der Waals surface area (Å²) in [5.41, 5.74) is 0.705. The van der Waals surface area contributed by atoms with Crippen molar-refractivity contribution in [2.24, 2.45) is 0 Å². The summed E-state index contributed by atoms with van der Waals surface area (Å²) in [5, 5.41) is 16.8. The number of rotatable bonds is 4. The molecule has 2 aromatic rings. The van der Waals surface area contributed by atoms with Gasteiger partial charge in [0.2, 0.25) is 11.7 Å². The zero-order valence-electron chi connectivity index (χ0n) is 13.4. The number of aromatic hydroxyl groups is 1. The predicted molar refractivity (Wildman–Crippen MR) is 85.2 cm³/mol. The third-order valence-electron chi connectivity index (χ3n) is 4.04. The third-order valence-corrected chi connectivity index (χ3v) is 4.04. The number of nitrogens with one attached hydrogen (secondary N) is 1. The van der Waals surface area contributed by atoms with Crippen molar-refractivity contribution in [3.8, 4) is 17.1 Å². The van der Waals surface area contributed by atoms with Crippen LogP contribution < -0.4 is 5.32 Å². The molecule has 1 fully saturated rings. The Labute approximate surface area is 139 Å². The lowest BCUT2D eigenvalue weighted by Crippen LogP contribution is -2.44. The van der Waals surface area contributed by atoms with E-state index in [0.717, 1.165) is 12.8 Å². The van der Waals surface area contributed by atoms with E-state index in [1.54, 1.807) is 23.1 Å². The van der Waals surface area contributed by atoms with Crippen molar-refractivity contribution in [3.63, 3.8) is 0 Å². The average Bonchev–Trinajstić information content (AvgIpc) is 3.09. The molecule has 0 aliphatic carbocycles. The van der Waals surface area contributed by atoms with Gasteiger partial charge in [-0.05, 0) is 25.0 Å². The van der Waals surface area contributed by atoms with Crippen LogP contribution in [-0.4, -0.2) is 52.5 Å². The smallest absolute Gasteiger partial charge is 0.409 e. The number of carbonyl (C=O) groups excluding carboxylic acids is 1. The summed E-state index contributed by atoms with van der Waals surface area (Å²) in [5.74, 6) is 1.10. The highest BCUT2D eigenvalue weighted by atomic mass is 16.5. The van der Waals surface area contributed by atoms with E-state index >= 15 is 0 Å². The van der Waals surface area contributed by atoms with Gasteiger partial charge < -0.3 is 24.6 Å². The van der Waals surface area contributed by atoms with Gasteiger partial charge in [-0.2, -0.15) is 4.98 Å². The molecular weight excluding hydrogens is 312 g/mol. The van der Waals surface area contributed by atoms with Crippen LogP contribution >= 0.6 is 0 Å². The zero-order chi connectivity index (χ0) is 16.9. The van der Waals surface area contributed by atoms with Crippen LogP contribution in [0.25, 0.3) is 11.4 Å². The lowest BCUT2D eigenvalue weighted by molar-refractivity contribution is 0.109. The first-order valence-electron chi connectivity index (χ1n) is 7.84. The third kappa shape index (κ3) is 3.83. The second-order valence-corrected chi connectivity index (χ2v) is 5.67. The molecule has 2 N–H and O–H groups in total. The van der Waals surface area contributed by atoms with Crippen molar-refractivity contribution in [3.05, 3.63) is 30.2 Å². The minimum Gasteiger partial charge on any atom is -0.508 e. The predicted octanol–water partition coefficient (Wildman–Crippen LogP) is 1.76. The van der Waals surface area contributed by atoms with Gasteiger partial charge >= 0.3 is 6.09 Å². The molecule has 3 rings (SSSR count). The highest BCUT2D eigenvalue weighted by Gasteiger charge is 2.23. The Hall–Kier alpha value is -2.61. The Morgan fingerprint density at radius 3 is 2.96 bits per heavy atom. The SMILES string of the molecule is COC(=O)N1CCC(NCc2nc(-c3cccc(O)c3)no2)CC1. The number of phenolic OH excluding ortho intramolecular Hbond substituents is 1. The highest BCUT2D eigenvalue weighted by Crippen LogP contribution is 2.20. The van der Waals surface area contributed by atoms with Crippen molar-refractivity contribution < 1.29 is 19.2 Å². The normalized spacial score (nSPS) is 15.5. The van der Waals surface area contributed by atoms with Gasteiger partial charge in [-0.1, -0.05) is 17.3 Å². The molecule has 1 aliphatic heterocycles. The molecule has 128 valence electrons. The first-order chi connectivity index (χ1) is 11.7. The Balaban J connectivity index is 1.51. The molecule has 0 saturated carbocycles. The maximum atomic E-state index is 11.4. The van der Waals surface area contributed by atoms with Crippen molar-refractivity contribution in [2.75, 3.05) is 20.2 Å². The second kappa shape index (κ2) is 7.31. The number of hydrogen-bond donors (Lipinski definition) is 2. The van der Waals surface area contributed by atoms with Crippen LogP contribution in [0, 0.1) is 0 Å². The molecule has 1 saturated heterocycles. The number of hydrogen-bond acceptors (Lipinski definition) is 7. The zero-order valence-corrected chi connectivity index (χ0v) is 13.4. The van der Waals surface area contributed by atoms with Crippen LogP contribution in [0.15, 0.2) is 28.8 Å². The van der Waals surface area contributed by atoms with Gasteiger partial charge in [-0.25, -0.2) is 4.79 Å². The molecule has 2 heterocycles. The van der Waals surface area contributed by atoms with Crippen molar-refractivity contribution in [1.82, 2.24) is 20.4 Å². The number of ether oxygens (including phenoxy) is 1. The van der Waals surface area contributed by atoms with E-state index < -0.39 is 0 Å². The molecule has 0 atom stereocenters. The van der Waals surface area contributed by atoms with Crippen LogP contribution in [0.2, 0.25) is 0 Å². The Morgan fingerprint density at radius 1 is 1.46 bits per heavy atom. The average molecular weight is 332 g/mol. The van der Waals surface area contributed by atoms with E-state index in [1.807, 2.05) is 6.07 Å². The summed E-state index contributed by atoms with van der Waals surface area (Å²) in [6.45, 7) is 1.81. The lowest BCUT2D eigenvalue weighted by Gasteiger charge is -2.31. The van der Waals surface area contributed by atoms with E-state index in [2.05, 4.69) is 15.5 Å². The quantitative estimate of drug-likeness (QED) is 0.880. The molecule has 0 unspecified atom stereocenters. The first kappa shape index (κ1) is 16.3. The largest absolute Gasteiger partial charge is 0.508 e. The van der Waals surface area contributed by atoms with Gasteiger partial charge in [0.25, 0.3) is 0 Å². The topological polar surface area (TPSA) is 101 Å². The molecular formula is C16H20N4O4. The van der Waals surface area contributed by atoms with Crippen LogP contribution in [0.4, 0.5) is 4.79 Å². The summed E-state index contributed by atoms with van der Waals surface area (Å²) in [6, 6.07) is 7.01. The first-order valence-corrected chi connectivity index (χ1v) is 7.84. The molecule has 1 aliphatic rings. The summed E-state index contributed by atoms with van der Waals surface area (Å²) in [6.07, 6.45) is 1.42. The molecule has 8 nitrogen and oxygen atoms in total. The summed E-state index contributed by atoms with van der Waals surface area (Å²) >= 11 is 0. The number of aromatic nitrogens is 2. The molecule has 0 bridgehead atoms. The lowest BCUT2D eigenvalue weighted by atomic mass is 10.1. The highest BCUT2D eigenvalue weighted by molar-refractivity contribution is 5.67. The maximum absolute atomic E-state index is 11.4. The van der Waals surface area contributed by atoms with E-state index in [1.165, 1.54) is 7.11 Å². The number of amides is 1. The Kier molecular flexibility index (Phi) is 4.95. The van der Waals surface area contributed by atoms with Gasteiger partial charge in [-0.3, -0.25) is 0 Å². The number of likely N-dealkylation sites (tertiary alicyclic amines) is 1. The van der Waals surface area contributed by atoms with E-state index in [9.17, 15) is 9.90 Å². The monoisotopic (exact) mass is 332 g/mol. The molecule has 1 aromatic heterocycles. The minimum absolute atomic E-state index is 0.161. The molecule has 24 heavy (non-hydrogen) atoms. The van der Waals surface area contributed by atoms with Crippen molar-refractivity contribution in [2.45, 2.75) is 25.4 Å². The molecule has 1 aromatic carbocycles. The second-order valence-electron chi connectivity index (χ2n) is 5.67. The summed E-state index contributed by atoms with van der Waals surface area (Å²) in [7, 11) is 1.40. The van der Waals surface area contributed by atoms with Gasteiger partial charge in [0.05, 0.1) is 13.7 Å². The minimum atomic E-state index is -0.277. The van der Waals surface area contributed by atoms with E-state index in [-0.39, 0.29) is 11.8 Å². The van der Waals surface area contributed by atoms with Crippen LogP contribution in [0.5, 0.6) is 5.75 Å². The van der Waals surface area contributed by atoms with Gasteiger partial charge in [0, 0.05) is 24.7 Å². The Bertz CT molecular complexity index is 695. The number of nitrogens with zero attached hydrogens (tertiary/aromatic N) is 3. The fourth-order valence-corrected chi connectivity index (χ4v) is 2.72. The fourth-order valence-electron chi connectivity index (χ4n) is 2.72. The molecule has 8 heteroatoms. The summed E-state index contributed by atoms with van der Waals surface area (Å²) in [4.78, 5) is 17.5. The van der Waals surface area contributed by atoms with Gasteiger partial charge in [0.1, 0.15) is 5.75 Å². The summed E-state index contributed by atoms with van der Waals surface area (Å²) < 4.78 is 9.96. The number of carbonyl (C=O) groups is 1. The molecule has 0 spiro atoms. The van der Waals surface area contributed by atoms with Crippen molar-refractivity contribution >= 4 is 6.09 Å². The Morgan fingerprint density at radius 2 is 2.25 bits per heavy atom. The van der Waals surface area contributed by atoms with Gasteiger partial charge in [-0.15, -0.1) is 0 Å². The number of piperidine rings is 1. The number of phenols is 1. The molecule has 1 amide bonds. The molecule has 0 radical (unpaired) electrons. The van der Waals surface area contributed by atoms with Crippen LogP contribution in [0.1, 0.15) is 18.7 Å². The van der Waals surface area contributed by atoms with Crippen molar-refractivity contribution in [1.29, 1.82) is 0 Å². The number of methoxy groups -OCH3 is 1. The van der Waals surface area contributed by atoms with E-state index in [4.69, 9.17) is 9.26 Å². The number of benzene rings is 1. The van der Waals surface area contributed by atoms with Crippen LogP contribution in [-0.2, 0) is 11.3 Å². The standard InChI is InChI=1S/C16H20N4O4/c1-23-16(22)20-7-5-12(6-8-20)17-10-14-18-15(19-24-14)11-3-2-4-13(21)9-11/h2-4,9,12,17,21H,5-8,10H2,1H3. The van der Waals surface area contributed by atoms with Gasteiger partial charge in [0.15, 0.2) is 0 Å². The fraction of sp³-hybridized carbons (Fsp3) is 0.438. The maximum Gasteiger partial charge on any atom is 0.409 e. The van der Waals surface area contributed by atoms with E-state index in [0.29, 0.717) is 43.0 Å². The van der Waals surface area contributed by atoms with Crippen LogP contribution in [0.3, 0.4) is 0 Å².